The number of nitrogens with one attached hydrogen (secondary N) is 2. The predicted molar refractivity (Wildman–Crippen MR) is 66.2 cm³/mol. The molecule has 0 aromatic rings. The van der Waals surface area contributed by atoms with Gasteiger partial charge in [-0.2, -0.15) is 11.8 Å². The standard InChI is InChI=1S/C11H22N2OS/c1-9(2)11(14)13-6-5-12-10-4-3-7-15-8-10/h9-10,12H,3-8H2,1-2H3,(H,13,14). The first-order chi connectivity index (χ1) is 7.20. The molecule has 4 heteroatoms. The number of thioether (sulfide) groups is 1. The summed E-state index contributed by atoms with van der Waals surface area (Å²) in [5.74, 6) is 2.77. The highest BCUT2D eigenvalue weighted by Crippen LogP contribution is 2.16. The first kappa shape index (κ1) is 12.8. The Morgan fingerprint density at radius 3 is 2.87 bits per heavy atom. The molecule has 0 spiro atoms. The zero-order chi connectivity index (χ0) is 11.1. The van der Waals surface area contributed by atoms with Crippen molar-refractivity contribution >= 4 is 17.7 Å². The van der Waals surface area contributed by atoms with Crippen LogP contribution in [0.25, 0.3) is 0 Å². The highest BCUT2D eigenvalue weighted by atomic mass is 32.2. The van der Waals surface area contributed by atoms with E-state index in [9.17, 15) is 4.79 Å². The lowest BCUT2D eigenvalue weighted by Gasteiger charge is -2.22. The molecular weight excluding hydrogens is 208 g/mol. The van der Waals surface area contributed by atoms with Gasteiger partial charge in [0.2, 0.25) is 5.91 Å². The van der Waals surface area contributed by atoms with E-state index in [1.54, 1.807) is 0 Å². The third kappa shape index (κ3) is 5.42. The minimum Gasteiger partial charge on any atom is -0.355 e. The molecule has 1 unspecified atom stereocenters. The van der Waals surface area contributed by atoms with Crippen LogP contribution >= 0.6 is 11.8 Å². The van der Waals surface area contributed by atoms with Crippen LogP contribution in [0.1, 0.15) is 26.7 Å². The summed E-state index contributed by atoms with van der Waals surface area (Å²) in [5, 5.41) is 6.39. The SMILES string of the molecule is CC(C)C(=O)NCCNC1CCCSC1. The molecule has 3 nitrogen and oxygen atoms in total. The van der Waals surface area contributed by atoms with Crippen molar-refractivity contribution in [1.82, 2.24) is 10.6 Å². The molecule has 1 heterocycles. The average Bonchev–Trinajstić information content (AvgIpc) is 2.25. The number of hydrogen-bond donors (Lipinski definition) is 2. The Hall–Kier alpha value is -0.220. The van der Waals surface area contributed by atoms with Gasteiger partial charge in [0.1, 0.15) is 0 Å². The number of carbonyl (C=O) groups excluding carboxylic acids is 1. The highest BCUT2D eigenvalue weighted by molar-refractivity contribution is 7.99. The summed E-state index contributed by atoms with van der Waals surface area (Å²) in [6.45, 7) is 5.48. The van der Waals surface area contributed by atoms with Gasteiger partial charge in [-0.15, -0.1) is 0 Å². The third-order valence-electron chi connectivity index (χ3n) is 2.54. The predicted octanol–water partition coefficient (Wildman–Crippen LogP) is 1.24. The van der Waals surface area contributed by atoms with Gasteiger partial charge in [-0.1, -0.05) is 13.8 Å². The van der Waals surface area contributed by atoms with Crippen molar-refractivity contribution < 1.29 is 4.79 Å². The molecule has 1 aliphatic rings. The van der Waals surface area contributed by atoms with Crippen LogP contribution in [-0.4, -0.2) is 36.5 Å². The van der Waals surface area contributed by atoms with Gasteiger partial charge in [-0.05, 0) is 18.6 Å². The lowest BCUT2D eigenvalue weighted by Crippen LogP contribution is -2.40. The van der Waals surface area contributed by atoms with Crippen molar-refractivity contribution in [1.29, 1.82) is 0 Å². The molecule has 2 N–H and O–H groups in total. The van der Waals surface area contributed by atoms with Gasteiger partial charge in [0.05, 0.1) is 0 Å². The first-order valence-corrected chi connectivity index (χ1v) is 6.94. The Balaban J connectivity index is 1.98. The maximum absolute atomic E-state index is 11.3. The Bertz CT molecular complexity index is 191. The molecule has 15 heavy (non-hydrogen) atoms. The maximum Gasteiger partial charge on any atom is 0.222 e. The first-order valence-electron chi connectivity index (χ1n) is 5.79. The summed E-state index contributed by atoms with van der Waals surface area (Å²) in [4.78, 5) is 11.3. The van der Waals surface area contributed by atoms with E-state index in [0.29, 0.717) is 6.04 Å². The van der Waals surface area contributed by atoms with E-state index < -0.39 is 0 Å². The molecule has 0 bridgehead atoms. The van der Waals surface area contributed by atoms with Gasteiger partial charge >= 0.3 is 0 Å². The molecule has 0 saturated carbocycles. The van der Waals surface area contributed by atoms with E-state index in [2.05, 4.69) is 10.6 Å². The van der Waals surface area contributed by atoms with Gasteiger partial charge in [-0.25, -0.2) is 0 Å². The zero-order valence-electron chi connectivity index (χ0n) is 9.71. The molecule has 0 aromatic carbocycles. The van der Waals surface area contributed by atoms with Gasteiger partial charge < -0.3 is 10.6 Å². The van der Waals surface area contributed by atoms with Crippen LogP contribution in [0.5, 0.6) is 0 Å². The van der Waals surface area contributed by atoms with Gasteiger partial charge in [0, 0.05) is 30.8 Å². The van der Waals surface area contributed by atoms with Crippen LogP contribution in [0.2, 0.25) is 0 Å². The van der Waals surface area contributed by atoms with Crippen LogP contribution in [0.15, 0.2) is 0 Å². The molecule has 1 amide bonds. The molecule has 1 aliphatic heterocycles. The smallest absolute Gasteiger partial charge is 0.222 e. The van der Waals surface area contributed by atoms with Crippen molar-refractivity contribution in [2.24, 2.45) is 5.92 Å². The van der Waals surface area contributed by atoms with E-state index in [4.69, 9.17) is 0 Å². The summed E-state index contributed by atoms with van der Waals surface area (Å²) < 4.78 is 0. The van der Waals surface area contributed by atoms with Gasteiger partial charge in [0.25, 0.3) is 0 Å². The second-order valence-corrected chi connectivity index (χ2v) is 5.46. The summed E-state index contributed by atoms with van der Waals surface area (Å²) in [6, 6.07) is 0.653. The number of hydrogen-bond acceptors (Lipinski definition) is 3. The summed E-state index contributed by atoms with van der Waals surface area (Å²) >= 11 is 2.02. The molecule has 0 aliphatic carbocycles. The zero-order valence-corrected chi connectivity index (χ0v) is 10.5. The van der Waals surface area contributed by atoms with Gasteiger partial charge in [-0.3, -0.25) is 4.79 Å². The largest absolute Gasteiger partial charge is 0.355 e. The van der Waals surface area contributed by atoms with Crippen LogP contribution in [0.3, 0.4) is 0 Å². The van der Waals surface area contributed by atoms with Crippen molar-refractivity contribution in [2.75, 3.05) is 24.6 Å². The quantitative estimate of drug-likeness (QED) is 0.698. The topological polar surface area (TPSA) is 41.1 Å². The normalized spacial score (nSPS) is 21.7. The van der Waals surface area contributed by atoms with E-state index in [1.165, 1.54) is 24.3 Å². The summed E-state index contributed by atoms with van der Waals surface area (Å²) in [6.07, 6.45) is 2.60. The lowest BCUT2D eigenvalue weighted by atomic mass is 10.2. The summed E-state index contributed by atoms with van der Waals surface area (Å²) in [5.41, 5.74) is 0. The van der Waals surface area contributed by atoms with E-state index in [0.717, 1.165) is 13.1 Å². The molecule has 1 saturated heterocycles. The molecule has 88 valence electrons. The van der Waals surface area contributed by atoms with Crippen LogP contribution in [0, 0.1) is 5.92 Å². The Morgan fingerprint density at radius 2 is 2.27 bits per heavy atom. The Morgan fingerprint density at radius 1 is 1.47 bits per heavy atom. The third-order valence-corrected chi connectivity index (χ3v) is 3.76. The molecule has 1 rings (SSSR count). The minimum absolute atomic E-state index is 0.0928. The number of carbonyl (C=O) groups is 1. The Kier molecular flexibility index (Phi) is 6.10. The molecule has 0 aromatic heterocycles. The fraction of sp³-hybridized carbons (Fsp3) is 0.909. The fourth-order valence-electron chi connectivity index (χ4n) is 1.57. The maximum atomic E-state index is 11.3. The Labute approximate surface area is 96.8 Å². The number of amides is 1. The average molecular weight is 230 g/mol. The van der Waals surface area contributed by atoms with Crippen molar-refractivity contribution in [3.05, 3.63) is 0 Å². The number of rotatable bonds is 5. The van der Waals surface area contributed by atoms with Crippen molar-refractivity contribution in [3.8, 4) is 0 Å². The monoisotopic (exact) mass is 230 g/mol. The van der Waals surface area contributed by atoms with Crippen LogP contribution in [-0.2, 0) is 4.79 Å². The minimum atomic E-state index is 0.0928. The second kappa shape index (κ2) is 7.12. The lowest BCUT2D eigenvalue weighted by molar-refractivity contribution is -0.123. The molecule has 0 radical (unpaired) electrons. The fourth-order valence-corrected chi connectivity index (χ4v) is 2.67. The highest BCUT2D eigenvalue weighted by Gasteiger charge is 2.12. The van der Waals surface area contributed by atoms with Crippen molar-refractivity contribution in [2.45, 2.75) is 32.7 Å². The van der Waals surface area contributed by atoms with Crippen LogP contribution < -0.4 is 10.6 Å². The molecule has 1 atom stereocenters. The molecular formula is C11H22N2OS. The van der Waals surface area contributed by atoms with E-state index in [1.807, 2.05) is 25.6 Å². The second-order valence-electron chi connectivity index (χ2n) is 4.31. The summed E-state index contributed by atoms with van der Waals surface area (Å²) in [7, 11) is 0. The van der Waals surface area contributed by atoms with E-state index in [-0.39, 0.29) is 11.8 Å². The van der Waals surface area contributed by atoms with Gasteiger partial charge in [0.15, 0.2) is 0 Å². The van der Waals surface area contributed by atoms with Crippen LogP contribution in [0.4, 0.5) is 0 Å². The molecule has 1 fully saturated rings. The van der Waals surface area contributed by atoms with Crippen molar-refractivity contribution in [3.63, 3.8) is 0 Å². The van der Waals surface area contributed by atoms with E-state index >= 15 is 0 Å².